The summed E-state index contributed by atoms with van der Waals surface area (Å²) in [5, 5.41) is 8.85. The van der Waals surface area contributed by atoms with E-state index in [1.165, 1.54) is 0 Å². The number of nitrogens with one attached hydrogen (secondary N) is 2. The quantitative estimate of drug-likeness (QED) is 0.785. The zero-order valence-corrected chi connectivity index (χ0v) is 13.7. The predicted octanol–water partition coefficient (Wildman–Crippen LogP) is 2.48. The van der Waals surface area contributed by atoms with Crippen molar-refractivity contribution in [3.8, 4) is 5.75 Å². The van der Waals surface area contributed by atoms with Gasteiger partial charge < -0.3 is 15.4 Å². The van der Waals surface area contributed by atoms with Crippen LogP contribution in [0.4, 0.5) is 5.13 Å². The molecular weight excluding hydrogens is 298 g/mol. The number of carbonyl (C=O) groups is 1. The van der Waals surface area contributed by atoms with Crippen LogP contribution in [0.15, 0.2) is 29.6 Å². The maximum Gasteiger partial charge on any atom is 0.220 e. The van der Waals surface area contributed by atoms with Crippen LogP contribution in [0.1, 0.15) is 17.7 Å². The van der Waals surface area contributed by atoms with Crippen molar-refractivity contribution >= 4 is 22.4 Å². The first-order chi connectivity index (χ1) is 10.7. The maximum absolute atomic E-state index is 11.8. The number of methoxy groups -OCH3 is 1. The lowest BCUT2D eigenvalue weighted by atomic mass is 10.1. The summed E-state index contributed by atoms with van der Waals surface area (Å²) in [4.78, 5) is 16.2. The van der Waals surface area contributed by atoms with Crippen molar-refractivity contribution in [1.29, 1.82) is 0 Å². The second-order valence-corrected chi connectivity index (χ2v) is 5.70. The number of ether oxygens (including phenoxy) is 1. The number of carbonyl (C=O) groups excluding carboxylic acids is 1. The summed E-state index contributed by atoms with van der Waals surface area (Å²) in [5.41, 5.74) is 2.14. The fourth-order valence-electron chi connectivity index (χ4n) is 2.01. The van der Waals surface area contributed by atoms with E-state index in [0.29, 0.717) is 13.0 Å². The highest BCUT2D eigenvalue weighted by atomic mass is 32.1. The minimum atomic E-state index is 0.0693. The Balaban J connectivity index is 1.66. The number of aromatic nitrogens is 1. The number of thiazole rings is 1. The van der Waals surface area contributed by atoms with Gasteiger partial charge in [0.1, 0.15) is 5.75 Å². The van der Waals surface area contributed by atoms with Crippen molar-refractivity contribution in [2.24, 2.45) is 0 Å². The van der Waals surface area contributed by atoms with E-state index in [0.717, 1.165) is 35.0 Å². The second-order valence-electron chi connectivity index (χ2n) is 4.84. The fourth-order valence-corrected chi connectivity index (χ4v) is 2.71. The number of anilines is 1. The van der Waals surface area contributed by atoms with Crippen LogP contribution in [0.2, 0.25) is 0 Å². The van der Waals surface area contributed by atoms with Gasteiger partial charge in [0, 0.05) is 31.8 Å². The van der Waals surface area contributed by atoms with Crippen LogP contribution in [0, 0.1) is 0 Å². The lowest BCUT2D eigenvalue weighted by Gasteiger charge is -2.05. The molecule has 0 aliphatic rings. The van der Waals surface area contributed by atoms with Gasteiger partial charge in [-0.1, -0.05) is 12.1 Å². The van der Waals surface area contributed by atoms with Gasteiger partial charge in [0.2, 0.25) is 5.91 Å². The molecule has 0 fully saturated rings. The van der Waals surface area contributed by atoms with Crippen molar-refractivity contribution in [3.63, 3.8) is 0 Å². The van der Waals surface area contributed by atoms with Crippen LogP contribution in [-0.4, -0.2) is 31.6 Å². The first-order valence-corrected chi connectivity index (χ1v) is 8.11. The zero-order chi connectivity index (χ0) is 15.8. The number of hydrogen-bond donors (Lipinski definition) is 2. The van der Waals surface area contributed by atoms with Crippen molar-refractivity contribution in [1.82, 2.24) is 10.3 Å². The molecule has 2 N–H and O–H groups in total. The summed E-state index contributed by atoms with van der Waals surface area (Å²) in [5.74, 6) is 0.900. The molecule has 1 amide bonds. The molecule has 2 rings (SSSR count). The van der Waals surface area contributed by atoms with E-state index < -0.39 is 0 Å². The van der Waals surface area contributed by atoms with Crippen LogP contribution in [-0.2, 0) is 17.6 Å². The largest absolute Gasteiger partial charge is 0.497 e. The van der Waals surface area contributed by atoms with Crippen LogP contribution in [0.25, 0.3) is 0 Å². The molecule has 0 aliphatic carbocycles. The van der Waals surface area contributed by atoms with Gasteiger partial charge in [-0.25, -0.2) is 4.98 Å². The summed E-state index contributed by atoms with van der Waals surface area (Å²) in [6, 6.07) is 7.80. The molecule has 0 atom stereocenters. The smallest absolute Gasteiger partial charge is 0.220 e. The normalized spacial score (nSPS) is 10.3. The van der Waals surface area contributed by atoms with Gasteiger partial charge in [0.15, 0.2) is 5.13 Å². The Morgan fingerprint density at radius 1 is 1.27 bits per heavy atom. The molecule has 0 aliphatic heterocycles. The van der Waals surface area contributed by atoms with Crippen molar-refractivity contribution in [2.75, 3.05) is 26.0 Å². The summed E-state index contributed by atoms with van der Waals surface area (Å²) in [6.45, 7) is 0.619. The molecule has 6 heteroatoms. The van der Waals surface area contributed by atoms with Gasteiger partial charge >= 0.3 is 0 Å². The third-order valence-corrected chi connectivity index (χ3v) is 4.18. The van der Waals surface area contributed by atoms with E-state index in [1.807, 2.05) is 36.7 Å². The Morgan fingerprint density at radius 3 is 2.68 bits per heavy atom. The second kappa shape index (κ2) is 8.38. The van der Waals surface area contributed by atoms with Crippen LogP contribution < -0.4 is 15.4 Å². The average molecular weight is 319 g/mol. The average Bonchev–Trinajstić information content (AvgIpc) is 3.01. The first-order valence-electron chi connectivity index (χ1n) is 7.23. The summed E-state index contributed by atoms with van der Waals surface area (Å²) < 4.78 is 5.11. The molecule has 22 heavy (non-hydrogen) atoms. The summed E-state index contributed by atoms with van der Waals surface area (Å²) in [7, 11) is 3.49. The minimum absolute atomic E-state index is 0.0693. The molecule has 2 aromatic rings. The Morgan fingerprint density at radius 2 is 2.05 bits per heavy atom. The van der Waals surface area contributed by atoms with Crippen LogP contribution in [0.5, 0.6) is 5.75 Å². The van der Waals surface area contributed by atoms with Crippen LogP contribution >= 0.6 is 11.3 Å². The van der Waals surface area contributed by atoms with Crippen molar-refractivity contribution in [3.05, 3.63) is 40.9 Å². The maximum atomic E-state index is 11.8. The SMILES string of the molecule is CNc1nc(CCNC(=O)CCc2ccc(OC)cc2)cs1. The van der Waals surface area contributed by atoms with Gasteiger partial charge in [0.25, 0.3) is 0 Å². The number of hydrogen-bond acceptors (Lipinski definition) is 5. The van der Waals surface area contributed by atoms with Crippen LogP contribution in [0.3, 0.4) is 0 Å². The zero-order valence-electron chi connectivity index (χ0n) is 12.9. The van der Waals surface area contributed by atoms with Gasteiger partial charge in [-0.15, -0.1) is 11.3 Å². The van der Waals surface area contributed by atoms with Gasteiger partial charge in [0.05, 0.1) is 12.8 Å². The highest BCUT2D eigenvalue weighted by Gasteiger charge is 2.04. The van der Waals surface area contributed by atoms with E-state index in [4.69, 9.17) is 4.74 Å². The monoisotopic (exact) mass is 319 g/mol. The number of amides is 1. The number of benzene rings is 1. The van der Waals surface area contributed by atoms with Gasteiger partial charge in [-0.05, 0) is 24.1 Å². The third-order valence-electron chi connectivity index (χ3n) is 3.27. The lowest BCUT2D eigenvalue weighted by Crippen LogP contribution is -2.25. The molecule has 118 valence electrons. The van der Waals surface area contributed by atoms with Gasteiger partial charge in [-0.3, -0.25) is 4.79 Å². The molecule has 1 aromatic heterocycles. The molecule has 5 nitrogen and oxygen atoms in total. The highest BCUT2D eigenvalue weighted by Crippen LogP contribution is 2.14. The lowest BCUT2D eigenvalue weighted by molar-refractivity contribution is -0.121. The molecule has 0 saturated carbocycles. The first kappa shape index (κ1) is 16.3. The van der Waals surface area contributed by atoms with Gasteiger partial charge in [-0.2, -0.15) is 0 Å². The standard InChI is InChI=1S/C16H21N3O2S/c1-17-16-19-13(11-22-16)9-10-18-15(20)8-5-12-3-6-14(21-2)7-4-12/h3-4,6-7,11H,5,8-10H2,1-2H3,(H,17,19)(H,18,20). The van der Waals surface area contributed by atoms with E-state index in [-0.39, 0.29) is 5.91 Å². The molecule has 0 bridgehead atoms. The Kier molecular flexibility index (Phi) is 6.21. The number of rotatable bonds is 8. The summed E-state index contributed by atoms with van der Waals surface area (Å²) >= 11 is 1.57. The van der Waals surface area contributed by atoms with E-state index in [9.17, 15) is 4.79 Å². The van der Waals surface area contributed by atoms with Crippen molar-refractivity contribution in [2.45, 2.75) is 19.3 Å². The molecule has 0 saturated heterocycles. The Hall–Kier alpha value is -2.08. The fraction of sp³-hybridized carbons (Fsp3) is 0.375. The number of nitrogens with zero attached hydrogens (tertiary/aromatic N) is 1. The molecule has 1 heterocycles. The minimum Gasteiger partial charge on any atom is -0.497 e. The van der Waals surface area contributed by atoms with E-state index in [1.54, 1.807) is 18.4 Å². The van der Waals surface area contributed by atoms with Crippen molar-refractivity contribution < 1.29 is 9.53 Å². The molecule has 0 radical (unpaired) electrons. The molecule has 0 unspecified atom stereocenters. The topological polar surface area (TPSA) is 63.2 Å². The summed E-state index contributed by atoms with van der Waals surface area (Å²) in [6.07, 6.45) is 1.98. The molecular formula is C16H21N3O2S. The number of aryl methyl sites for hydroxylation is 1. The molecule has 1 aromatic carbocycles. The highest BCUT2D eigenvalue weighted by molar-refractivity contribution is 7.13. The Labute approximate surface area is 134 Å². The Bertz CT molecular complexity index is 596. The predicted molar refractivity (Wildman–Crippen MR) is 89.7 cm³/mol. The third kappa shape index (κ3) is 5.04. The van der Waals surface area contributed by atoms with E-state index >= 15 is 0 Å². The molecule has 0 spiro atoms. The van der Waals surface area contributed by atoms with E-state index in [2.05, 4.69) is 15.6 Å².